The van der Waals surface area contributed by atoms with Crippen LogP contribution in [0.1, 0.15) is 53.7 Å². The number of anilines is 1. The lowest BCUT2D eigenvalue weighted by Gasteiger charge is -2.24. The van der Waals surface area contributed by atoms with E-state index in [1.807, 2.05) is 58.9 Å². The van der Waals surface area contributed by atoms with E-state index >= 15 is 0 Å². The molecule has 0 atom stereocenters. The van der Waals surface area contributed by atoms with Gasteiger partial charge in [0, 0.05) is 19.3 Å². The van der Waals surface area contributed by atoms with Gasteiger partial charge in [0.15, 0.2) is 0 Å². The van der Waals surface area contributed by atoms with E-state index < -0.39 is 11.7 Å². The molecular weight excluding hydrogens is 434 g/mol. The number of carbonyl (C=O) groups is 2. The van der Waals surface area contributed by atoms with E-state index in [9.17, 15) is 9.59 Å². The van der Waals surface area contributed by atoms with Crippen LogP contribution in [0.2, 0.25) is 0 Å². The van der Waals surface area contributed by atoms with Gasteiger partial charge in [0.1, 0.15) is 23.7 Å². The van der Waals surface area contributed by atoms with Crippen LogP contribution in [0.3, 0.4) is 0 Å². The van der Waals surface area contributed by atoms with Gasteiger partial charge in [-0.2, -0.15) is 0 Å². The highest BCUT2D eigenvalue weighted by molar-refractivity contribution is 6.06. The van der Waals surface area contributed by atoms with Crippen molar-refractivity contribution in [3.63, 3.8) is 0 Å². The van der Waals surface area contributed by atoms with Gasteiger partial charge in [-0.3, -0.25) is 4.79 Å². The molecule has 8 heteroatoms. The van der Waals surface area contributed by atoms with Crippen molar-refractivity contribution < 1.29 is 23.6 Å². The quantitative estimate of drug-likeness (QED) is 0.496. The zero-order valence-electron chi connectivity index (χ0n) is 20.5. The molecule has 3 aromatic rings. The fourth-order valence-corrected chi connectivity index (χ4v) is 3.26. The molecule has 34 heavy (non-hydrogen) atoms. The van der Waals surface area contributed by atoms with E-state index in [-0.39, 0.29) is 12.5 Å². The lowest BCUT2D eigenvalue weighted by molar-refractivity contribution is 0.0285. The van der Waals surface area contributed by atoms with E-state index in [1.165, 1.54) is 4.90 Å². The van der Waals surface area contributed by atoms with Gasteiger partial charge >= 0.3 is 6.09 Å². The summed E-state index contributed by atoms with van der Waals surface area (Å²) in [6.07, 6.45) is -0.411. The number of ether oxygens (including phenoxy) is 2. The van der Waals surface area contributed by atoms with Gasteiger partial charge in [0.25, 0.3) is 5.91 Å². The second-order valence-electron chi connectivity index (χ2n) is 9.08. The van der Waals surface area contributed by atoms with Crippen LogP contribution >= 0.6 is 0 Å². The van der Waals surface area contributed by atoms with Crippen LogP contribution in [-0.2, 0) is 17.9 Å². The van der Waals surface area contributed by atoms with Crippen molar-refractivity contribution in [3.8, 4) is 5.75 Å². The summed E-state index contributed by atoms with van der Waals surface area (Å²) in [5.74, 6) is 0.848. The van der Waals surface area contributed by atoms with Crippen molar-refractivity contribution in [1.29, 1.82) is 0 Å². The minimum atomic E-state index is -0.567. The van der Waals surface area contributed by atoms with Crippen LogP contribution in [0.25, 0.3) is 0 Å². The Morgan fingerprint density at radius 3 is 2.50 bits per heavy atom. The van der Waals surface area contributed by atoms with Gasteiger partial charge in [-0.1, -0.05) is 29.4 Å². The lowest BCUT2D eigenvalue weighted by atomic mass is 10.1. The zero-order chi connectivity index (χ0) is 24.9. The molecule has 0 radical (unpaired) electrons. The Bertz CT molecular complexity index is 1140. The van der Waals surface area contributed by atoms with Crippen molar-refractivity contribution in [3.05, 3.63) is 76.7 Å². The molecule has 0 aliphatic rings. The average molecular weight is 466 g/mol. The highest BCUT2D eigenvalue weighted by Gasteiger charge is 2.20. The van der Waals surface area contributed by atoms with E-state index in [0.717, 1.165) is 16.8 Å². The van der Waals surface area contributed by atoms with Gasteiger partial charge < -0.3 is 24.2 Å². The molecule has 0 unspecified atom stereocenters. The smallest absolute Gasteiger partial charge is 0.410 e. The molecule has 3 rings (SSSR count). The third kappa shape index (κ3) is 6.60. The van der Waals surface area contributed by atoms with Crippen molar-refractivity contribution in [2.45, 2.75) is 53.4 Å². The standard InChI is InChI=1S/C26H31N3O5/c1-17-22(18(2)34-28-17)16-32-23-13-8-7-12-21(23)24(30)27-20-11-9-10-19(14-20)15-29(6)25(31)33-26(3,4)5/h7-14H,15-16H2,1-6H3,(H,27,30). The Labute approximate surface area is 199 Å². The summed E-state index contributed by atoms with van der Waals surface area (Å²) in [5.41, 5.74) is 2.92. The molecule has 0 aliphatic carbocycles. The first-order chi connectivity index (χ1) is 16.0. The van der Waals surface area contributed by atoms with Crippen molar-refractivity contribution in [2.24, 2.45) is 0 Å². The van der Waals surface area contributed by atoms with Gasteiger partial charge in [-0.15, -0.1) is 0 Å². The molecule has 0 saturated heterocycles. The topological polar surface area (TPSA) is 93.9 Å². The number of aromatic nitrogens is 1. The summed E-state index contributed by atoms with van der Waals surface area (Å²) in [6, 6.07) is 14.4. The first kappa shape index (κ1) is 24.8. The monoisotopic (exact) mass is 465 g/mol. The minimum absolute atomic E-state index is 0.248. The van der Waals surface area contributed by atoms with Gasteiger partial charge in [0.2, 0.25) is 0 Å². The molecule has 180 valence electrons. The highest BCUT2D eigenvalue weighted by atomic mass is 16.6. The fourth-order valence-electron chi connectivity index (χ4n) is 3.26. The second kappa shape index (κ2) is 10.4. The maximum Gasteiger partial charge on any atom is 0.410 e. The Balaban J connectivity index is 1.68. The fraction of sp³-hybridized carbons (Fsp3) is 0.346. The summed E-state index contributed by atoms with van der Waals surface area (Å²) in [4.78, 5) is 26.8. The number of amides is 2. The third-order valence-corrected chi connectivity index (χ3v) is 4.99. The van der Waals surface area contributed by atoms with Gasteiger partial charge in [0.05, 0.1) is 16.8 Å². The Morgan fingerprint density at radius 2 is 1.82 bits per heavy atom. The average Bonchev–Trinajstić information content (AvgIpc) is 3.08. The van der Waals surface area contributed by atoms with Crippen molar-refractivity contribution >= 4 is 17.7 Å². The number of aryl methyl sites for hydroxylation is 2. The van der Waals surface area contributed by atoms with Crippen molar-refractivity contribution in [2.75, 3.05) is 12.4 Å². The molecule has 1 N–H and O–H groups in total. The molecule has 8 nitrogen and oxygen atoms in total. The predicted octanol–water partition coefficient (Wildman–Crippen LogP) is 5.49. The number of rotatable bonds is 7. The zero-order valence-corrected chi connectivity index (χ0v) is 20.5. The summed E-state index contributed by atoms with van der Waals surface area (Å²) < 4.78 is 16.5. The van der Waals surface area contributed by atoms with Gasteiger partial charge in [-0.05, 0) is 64.4 Å². The minimum Gasteiger partial charge on any atom is -0.488 e. The molecule has 0 saturated carbocycles. The molecule has 1 aromatic heterocycles. The van der Waals surface area contributed by atoms with Crippen LogP contribution in [0, 0.1) is 13.8 Å². The first-order valence-electron chi connectivity index (χ1n) is 11.0. The van der Waals surface area contributed by atoms with Crippen molar-refractivity contribution in [1.82, 2.24) is 10.1 Å². The van der Waals surface area contributed by atoms with E-state index in [2.05, 4.69) is 10.5 Å². The molecule has 0 spiro atoms. The predicted molar refractivity (Wildman–Crippen MR) is 129 cm³/mol. The Morgan fingerprint density at radius 1 is 1.09 bits per heavy atom. The molecule has 2 amide bonds. The number of nitrogens with one attached hydrogen (secondary N) is 1. The van der Waals surface area contributed by atoms with Crippen LogP contribution in [0.15, 0.2) is 53.1 Å². The Hall–Kier alpha value is -3.81. The number of para-hydroxylation sites is 1. The normalized spacial score (nSPS) is 11.1. The van der Waals surface area contributed by atoms with E-state index in [1.54, 1.807) is 31.3 Å². The molecule has 0 fully saturated rings. The second-order valence-corrected chi connectivity index (χ2v) is 9.08. The van der Waals surface area contributed by atoms with Gasteiger partial charge in [-0.25, -0.2) is 4.79 Å². The number of hydrogen-bond acceptors (Lipinski definition) is 6. The SMILES string of the molecule is Cc1noc(C)c1COc1ccccc1C(=O)Nc1cccc(CN(C)C(=O)OC(C)(C)C)c1. The molecule has 2 aromatic carbocycles. The molecular formula is C26H31N3O5. The summed E-state index contributed by atoms with van der Waals surface area (Å²) in [5, 5.41) is 6.84. The summed E-state index contributed by atoms with van der Waals surface area (Å²) in [6.45, 7) is 9.74. The molecule has 0 bridgehead atoms. The number of benzene rings is 2. The number of carbonyl (C=O) groups excluding carboxylic acids is 2. The van der Waals surface area contributed by atoms with E-state index in [0.29, 0.717) is 29.3 Å². The Kier molecular flexibility index (Phi) is 7.61. The molecule has 0 aliphatic heterocycles. The van der Waals surface area contributed by atoms with Crippen LogP contribution in [-0.4, -0.2) is 34.7 Å². The maximum atomic E-state index is 13.0. The summed E-state index contributed by atoms with van der Waals surface area (Å²) in [7, 11) is 1.67. The maximum absolute atomic E-state index is 13.0. The first-order valence-corrected chi connectivity index (χ1v) is 11.0. The van der Waals surface area contributed by atoms with E-state index in [4.69, 9.17) is 14.0 Å². The van der Waals surface area contributed by atoms with Crippen LogP contribution in [0.5, 0.6) is 5.75 Å². The number of nitrogens with zero attached hydrogens (tertiary/aromatic N) is 2. The third-order valence-electron chi connectivity index (χ3n) is 4.99. The highest BCUT2D eigenvalue weighted by Crippen LogP contribution is 2.23. The van der Waals surface area contributed by atoms with Crippen LogP contribution in [0.4, 0.5) is 10.5 Å². The van der Waals surface area contributed by atoms with Crippen LogP contribution < -0.4 is 10.1 Å². The lowest BCUT2D eigenvalue weighted by Crippen LogP contribution is -2.33. The molecule has 1 heterocycles. The number of hydrogen-bond donors (Lipinski definition) is 1. The largest absolute Gasteiger partial charge is 0.488 e. The summed E-state index contributed by atoms with van der Waals surface area (Å²) >= 11 is 0.